The molecular formula is C11H22N2. The number of hydrogen-bond donors (Lipinski definition) is 2. The van der Waals surface area contributed by atoms with Crippen molar-refractivity contribution in [1.29, 1.82) is 0 Å². The first kappa shape index (κ1) is 9.47. The van der Waals surface area contributed by atoms with Crippen molar-refractivity contribution in [3.63, 3.8) is 0 Å². The Labute approximate surface area is 81.3 Å². The van der Waals surface area contributed by atoms with Gasteiger partial charge in [0.15, 0.2) is 0 Å². The molecule has 2 fully saturated rings. The molecule has 13 heavy (non-hydrogen) atoms. The van der Waals surface area contributed by atoms with Gasteiger partial charge in [0.25, 0.3) is 0 Å². The molecule has 76 valence electrons. The molecule has 2 rings (SSSR count). The lowest BCUT2D eigenvalue weighted by Crippen LogP contribution is -2.48. The van der Waals surface area contributed by atoms with Gasteiger partial charge >= 0.3 is 0 Å². The maximum absolute atomic E-state index is 5.72. The van der Waals surface area contributed by atoms with Crippen molar-refractivity contribution < 1.29 is 0 Å². The van der Waals surface area contributed by atoms with Gasteiger partial charge in [0.2, 0.25) is 0 Å². The van der Waals surface area contributed by atoms with Gasteiger partial charge in [0.1, 0.15) is 0 Å². The number of rotatable bonds is 4. The predicted molar refractivity (Wildman–Crippen MR) is 55.6 cm³/mol. The first-order valence-electron chi connectivity index (χ1n) is 5.83. The lowest BCUT2D eigenvalue weighted by molar-refractivity contribution is 0.285. The summed E-state index contributed by atoms with van der Waals surface area (Å²) in [6.07, 6.45) is 9.69. The highest BCUT2D eigenvalue weighted by Gasteiger charge is 2.25. The van der Waals surface area contributed by atoms with Crippen LogP contribution in [0.25, 0.3) is 0 Å². The fourth-order valence-electron chi connectivity index (χ4n) is 2.62. The molecule has 0 saturated heterocycles. The molecule has 2 aliphatic rings. The molecule has 0 heterocycles. The van der Waals surface area contributed by atoms with E-state index in [4.69, 9.17) is 5.73 Å². The summed E-state index contributed by atoms with van der Waals surface area (Å²) in [4.78, 5) is 0. The highest BCUT2D eigenvalue weighted by molar-refractivity contribution is 4.87. The summed E-state index contributed by atoms with van der Waals surface area (Å²) in [7, 11) is 0. The van der Waals surface area contributed by atoms with Crippen LogP contribution in [0.2, 0.25) is 0 Å². The Bertz CT molecular complexity index is 146. The number of hydrogen-bond acceptors (Lipinski definition) is 2. The van der Waals surface area contributed by atoms with Crippen molar-refractivity contribution in [3.8, 4) is 0 Å². The molecule has 0 bridgehead atoms. The van der Waals surface area contributed by atoms with Crippen molar-refractivity contribution in [1.82, 2.24) is 5.32 Å². The van der Waals surface area contributed by atoms with Gasteiger partial charge in [-0.3, -0.25) is 0 Å². The molecule has 2 nitrogen and oxygen atoms in total. The van der Waals surface area contributed by atoms with Crippen molar-refractivity contribution in [3.05, 3.63) is 0 Å². The maximum Gasteiger partial charge on any atom is 0.00965 e. The number of nitrogens with two attached hydrogens (primary N) is 1. The standard InChI is InChI=1S/C11H22N2/c12-10-7-11(8-10)13-6-5-9-3-1-2-4-9/h9-11,13H,1-8,12H2. The summed E-state index contributed by atoms with van der Waals surface area (Å²) in [6, 6.07) is 1.24. The Kier molecular flexibility index (Phi) is 3.23. The van der Waals surface area contributed by atoms with E-state index in [2.05, 4.69) is 5.32 Å². The average molecular weight is 182 g/mol. The Morgan fingerprint density at radius 2 is 1.85 bits per heavy atom. The van der Waals surface area contributed by atoms with Crippen LogP contribution in [0.4, 0.5) is 0 Å². The molecule has 2 saturated carbocycles. The SMILES string of the molecule is NC1CC(NCCC2CCCC2)C1. The van der Waals surface area contributed by atoms with Crippen LogP contribution >= 0.6 is 0 Å². The lowest BCUT2D eigenvalue weighted by Gasteiger charge is -2.33. The summed E-state index contributed by atoms with van der Waals surface area (Å²) >= 11 is 0. The van der Waals surface area contributed by atoms with Crippen molar-refractivity contribution in [2.75, 3.05) is 6.54 Å². The van der Waals surface area contributed by atoms with Gasteiger partial charge in [0.05, 0.1) is 0 Å². The Hall–Kier alpha value is -0.0800. The van der Waals surface area contributed by atoms with Crippen molar-refractivity contribution >= 4 is 0 Å². The second-order valence-electron chi connectivity index (χ2n) is 4.82. The fraction of sp³-hybridized carbons (Fsp3) is 1.00. The molecule has 0 radical (unpaired) electrons. The summed E-state index contributed by atoms with van der Waals surface area (Å²) in [5.74, 6) is 1.03. The molecule has 2 heteroatoms. The Morgan fingerprint density at radius 1 is 1.15 bits per heavy atom. The highest BCUT2D eigenvalue weighted by Crippen LogP contribution is 2.27. The van der Waals surface area contributed by atoms with E-state index in [1.54, 1.807) is 0 Å². The summed E-state index contributed by atoms with van der Waals surface area (Å²) in [5, 5.41) is 3.60. The zero-order valence-corrected chi connectivity index (χ0v) is 8.47. The fourth-order valence-corrected chi connectivity index (χ4v) is 2.62. The van der Waals surface area contributed by atoms with Crippen LogP contribution in [-0.4, -0.2) is 18.6 Å². The molecule has 0 aromatic rings. The van der Waals surface area contributed by atoms with Gasteiger partial charge in [-0.1, -0.05) is 25.7 Å². The zero-order valence-electron chi connectivity index (χ0n) is 8.47. The van der Waals surface area contributed by atoms with E-state index in [0.717, 1.165) is 12.0 Å². The summed E-state index contributed by atoms with van der Waals surface area (Å²) < 4.78 is 0. The average Bonchev–Trinajstić information content (AvgIpc) is 2.53. The van der Waals surface area contributed by atoms with E-state index in [-0.39, 0.29) is 0 Å². The van der Waals surface area contributed by atoms with E-state index < -0.39 is 0 Å². The lowest BCUT2D eigenvalue weighted by atomic mass is 9.87. The van der Waals surface area contributed by atoms with Gasteiger partial charge < -0.3 is 11.1 Å². The van der Waals surface area contributed by atoms with Crippen molar-refractivity contribution in [2.45, 2.75) is 57.0 Å². The molecule has 2 aliphatic carbocycles. The van der Waals surface area contributed by atoms with Crippen LogP contribution in [0.5, 0.6) is 0 Å². The first-order valence-corrected chi connectivity index (χ1v) is 5.83. The highest BCUT2D eigenvalue weighted by atomic mass is 14.9. The van der Waals surface area contributed by atoms with Gasteiger partial charge in [0, 0.05) is 12.1 Å². The predicted octanol–water partition coefficient (Wildman–Crippen LogP) is 1.65. The van der Waals surface area contributed by atoms with E-state index in [1.165, 1.54) is 51.5 Å². The molecule has 0 aliphatic heterocycles. The molecule has 3 N–H and O–H groups in total. The van der Waals surface area contributed by atoms with Crippen LogP contribution in [0, 0.1) is 5.92 Å². The van der Waals surface area contributed by atoms with E-state index >= 15 is 0 Å². The quantitative estimate of drug-likeness (QED) is 0.693. The van der Waals surface area contributed by atoms with Gasteiger partial charge in [-0.25, -0.2) is 0 Å². The second kappa shape index (κ2) is 4.43. The monoisotopic (exact) mass is 182 g/mol. The van der Waals surface area contributed by atoms with E-state index in [0.29, 0.717) is 6.04 Å². The van der Waals surface area contributed by atoms with Gasteiger partial charge in [-0.15, -0.1) is 0 Å². The van der Waals surface area contributed by atoms with Gasteiger partial charge in [-0.05, 0) is 31.7 Å². The van der Waals surface area contributed by atoms with Crippen LogP contribution in [0.3, 0.4) is 0 Å². The normalized spacial score (nSPS) is 34.8. The largest absolute Gasteiger partial charge is 0.328 e. The molecule has 0 aromatic heterocycles. The minimum atomic E-state index is 0.490. The number of nitrogens with one attached hydrogen (secondary N) is 1. The minimum Gasteiger partial charge on any atom is -0.328 e. The van der Waals surface area contributed by atoms with Crippen LogP contribution in [0.15, 0.2) is 0 Å². The first-order chi connectivity index (χ1) is 6.34. The third-order valence-electron chi connectivity index (χ3n) is 3.63. The van der Waals surface area contributed by atoms with Crippen LogP contribution in [-0.2, 0) is 0 Å². The summed E-state index contributed by atoms with van der Waals surface area (Å²) in [5.41, 5.74) is 5.72. The topological polar surface area (TPSA) is 38.0 Å². The molecule has 0 aromatic carbocycles. The zero-order chi connectivity index (χ0) is 9.10. The molecule has 0 unspecified atom stereocenters. The maximum atomic E-state index is 5.72. The molecular weight excluding hydrogens is 160 g/mol. The smallest absolute Gasteiger partial charge is 0.00965 e. The Balaban J connectivity index is 1.49. The molecule has 0 atom stereocenters. The Morgan fingerprint density at radius 3 is 2.46 bits per heavy atom. The van der Waals surface area contributed by atoms with Crippen LogP contribution < -0.4 is 11.1 Å². The molecule has 0 amide bonds. The van der Waals surface area contributed by atoms with Crippen molar-refractivity contribution in [2.24, 2.45) is 11.7 Å². The summed E-state index contributed by atoms with van der Waals surface area (Å²) in [6.45, 7) is 1.22. The van der Waals surface area contributed by atoms with Crippen LogP contribution in [0.1, 0.15) is 44.9 Å². The van der Waals surface area contributed by atoms with Gasteiger partial charge in [-0.2, -0.15) is 0 Å². The molecule has 0 spiro atoms. The minimum absolute atomic E-state index is 0.490. The van der Waals surface area contributed by atoms with E-state index in [1.807, 2.05) is 0 Å². The second-order valence-corrected chi connectivity index (χ2v) is 4.82. The third-order valence-corrected chi connectivity index (χ3v) is 3.63. The van der Waals surface area contributed by atoms with E-state index in [9.17, 15) is 0 Å². The third kappa shape index (κ3) is 2.68.